The zero-order chi connectivity index (χ0) is 22.9. The van der Waals surface area contributed by atoms with Crippen molar-refractivity contribution in [3.8, 4) is 23.1 Å². The van der Waals surface area contributed by atoms with Gasteiger partial charge in [0, 0.05) is 24.7 Å². The molecule has 32 heavy (non-hydrogen) atoms. The number of aliphatic hydroxyl groups is 1. The van der Waals surface area contributed by atoms with Crippen LogP contribution in [0.25, 0.3) is 0 Å². The number of para-hydroxylation sites is 1. The molecule has 8 heteroatoms. The van der Waals surface area contributed by atoms with Crippen LogP contribution in [-0.4, -0.2) is 36.7 Å². The molecule has 2 aromatic carbocycles. The SMILES string of the molecule is COc1ccc(OCCCF)c(CN(c2cccnc2Oc2ccccc2F)C(C)O)c1. The van der Waals surface area contributed by atoms with E-state index in [-0.39, 0.29) is 31.2 Å². The summed E-state index contributed by atoms with van der Waals surface area (Å²) in [6.45, 7) is 1.56. The molecule has 0 saturated carbocycles. The first kappa shape index (κ1) is 23.3. The Morgan fingerprint density at radius 2 is 1.91 bits per heavy atom. The summed E-state index contributed by atoms with van der Waals surface area (Å²) in [5, 5.41) is 10.6. The van der Waals surface area contributed by atoms with Gasteiger partial charge in [-0.3, -0.25) is 4.39 Å². The molecule has 3 rings (SSSR count). The summed E-state index contributed by atoms with van der Waals surface area (Å²) >= 11 is 0. The molecule has 170 valence electrons. The number of anilines is 1. The molecule has 1 N–H and O–H groups in total. The smallest absolute Gasteiger partial charge is 0.243 e. The second-order valence-electron chi connectivity index (χ2n) is 6.98. The molecule has 1 heterocycles. The standard InChI is InChI=1S/C24H26F2N2O4/c1-17(29)28(16-18-15-19(30-2)10-11-22(18)31-14-6-12-25)21-8-5-13-27-24(21)32-23-9-4-3-7-20(23)26/h3-5,7-11,13,15,17,29H,6,12,14,16H2,1-2H3. The van der Waals surface area contributed by atoms with E-state index < -0.39 is 18.7 Å². The average Bonchev–Trinajstić information content (AvgIpc) is 2.80. The Morgan fingerprint density at radius 3 is 2.62 bits per heavy atom. The molecule has 1 aromatic heterocycles. The van der Waals surface area contributed by atoms with Crippen LogP contribution in [0.4, 0.5) is 14.5 Å². The average molecular weight is 444 g/mol. The summed E-state index contributed by atoms with van der Waals surface area (Å²) in [4.78, 5) is 5.88. The third-order valence-corrected chi connectivity index (χ3v) is 4.70. The number of hydrogen-bond donors (Lipinski definition) is 1. The van der Waals surface area contributed by atoms with Crippen LogP contribution < -0.4 is 19.1 Å². The van der Waals surface area contributed by atoms with Gasteiger partial charge in [-0.1, -0.05) is 12.1 Å². The van der Waals surface area contributed by atoms with Crippen LogP contribution in [0.15, 0.2) is 60.8 Å². The van der Waals surface area contributed by atoms with Crippen molar-refractivity contribution < 1.29 is 28.1 Å². The van der Waals surface area contributed by atoms with E-state index in [4.69, 9.17) is 14.2 Å². The minimum Gasteiger partial charge on any atom is -0.497 e. The lowest BCUT2D eigenvalue weighted by Crippen LogP contribution is -2.32. The predicted molar refractivity (Wildman–Crippen MR) is 118 cm³/mol. The molecule has 3 aromatic rings. The maximum absolute atomic E-state index is 14.1. The van der Waals surface area contributed by atoms with Gasteiger partial charge in [0.05, 0.1) is 20.4 Å². The number of benzene rings is 2. The maximum atomic E-state index is 14.1. The Morgan fingerprint density at radius 1 is 1.09 bits per heavy atom. The number of hydrogen-bond acceptors (Lipinski definition) is 6. The van der Waals surface area contributed by atoms with E-state index in [0.29, 0.717) is 22.7 Å². The van der Waals surface area contributed by atoms with E-state index in [0.717, 1.165) is 0 Å². The molecule has 0 fully saturated rings. The van der Waals surface area contributed by atoms with Crippen molar-refractivity contribution in [2.45, 2.75) is 26.1 Å². The van der Waals surface area contributed by atoms with E-state index in [1.165, 1.54) is 18.3 Å². The van der Waals surface area contributed by atoms with E-state index in [9.17, 15) is 13.9 Å². The first-order chi connectivity index (χ1) is 15.5. The molecular weight excluding hydrogens is 418 g/mol. The Balaban J connectivity index is 1.94. The minimum atomic E-state index is -0.938. The van der Waals surface area contributed by atoms with Crippen molar-refractivity contribution >= 4 is 5.69 Å². The molecule has 0 radical (unpaired) electrons. The lowest BCUT2D eigenvalue weighted by Gasteiger charge is -2.29. The van der Waals surface area contributed by atoms with Crippen LogP contribution >= 0.6 is 0 Å². The number of aromatic nitrogens is 1. The van der Waals surface area contributed by atoms with Gasteiger partial charge in [-0.2, -0.15) is 0 Å². The number of pyridine rings is 1. The van der Waals surface area contributed by atoms with Gasteiger partial charge < -0.3 is 24.2 Å². The molecule has 6 nitrogen and oxygen atoms in total. The molecule has 0 aliphatic carbocycles. The highest BCUT2D eigenvalue weighted by Gasteiger charge is 2.21. The molecule has 0 saturated heterocycles. The lowest BCUT2D eigenvalue weighted by atomic mass is 10.1. The summed E-state index contributed by atoms with van der Waals surface area (Å²) in [7, 11) is 1.55. The van der Waals surface area contributed by atoms with Gasteiger partial charge in [-0.15, -0.1) is 0 Å². The first-order valence-electron chi connectivity index (χ1n) is 10.2. The molecular formula is C24H26F2N2O4. The molecule has 0 bridgehead atoms. The third-order valence-electron chi connectivity index (χ3n) is 4.70. The molecule has 1 unspecified atom stereocenters. The normalized spacial score (nSPS) is 11.7. The summed E-state index contributed by atoms with van der Waals surface area (Å²) in [6.07, 6.45) is 0.859. The van der Waals surface area contributed by atoms with E-state index in [1.807, 2.05) is 0 Å². The van der Waals surface area contributed by atoms with Crippen LogP contribution in [0.5, 0.6) is 23.1 Å². The number of alkyl halides is 1. The van der Waals surface area contributed by atoms with Crippen molar-refractivity contribution in [1.29, 1.82) is 0 Å². The predicted octanol–water partition coefficient (Wildman–Crippen LogP) is 5.10. The van der Waals surface area contributed by atoms with E-state index in [2.05, 4.69) is 4.98 Å². The Bertz CT molecular complexity index is 1020. The van der Waals surface area contributed by atoms with Crippen LogP contribution in [0.3, 0.4) is 0 Å². The van der Waals surface area contributed by atoms with Crippen LogP contribution in [-0.2, 0) is 6.54 Å². The molecule has 0 amide bonds. The zero-order valence-corrected chi connectivity index (χ0v) is 18.0. The fraction of sp³-hybridized carbons (Fsp3) is 0.292. The van der Waals surface area contributed by atoms with E-state index in [1.54, 1.807) is 61.4 Å². The Labute approximate surface area is 186 Å². The number of nitrogens with zero attached hydrogens (tertiary/aromatic N) is 2. The largest absolute Gasteiger partial charge is 0.497 e. The van der Waals surface area contributed by atoms with Gasteiger partial charge in [-0.05, 0) is 49.4 Å². The Kier molecular flexibility index (Phi) is 8.21. The van der Waals surface area contributed by atoms with Gasteiger partial charge in [0.25, 0.3) is 0 Å². The van der Waals surface area contributed by atoms with Crippen molar-refractivity contribution in [1.82, 2.24) is 4.98 Å². The number of aliphatic hydroxyl groups excluding tert-OH is 1. The van der Waals surface area contributed by atoms with Gasteiger partial charge >= 0.3 is 0 Å². The van der Waals surface area contributed by atoms with Crippen LogP contribution in [0, 0.1) is 5.82 Å². The van der Waals surface area contributed by atoms with Gasteiger partial charge in [0.15, 0.2) is 11.6 Å². The van der Waals surface area contributed by atoms with Gasteiger partial charge in [-0.25, -0.2) is 9.37 Å². The van der Waals surface area contributed by atoms with E-state index >= 15 is 0 Å². The fourth-order valence-corrected chi connectivity index (χ4v) is 3.10. The molecule has 1 atom stereocenters. The number of ether oxygens (including phenoxy) is 3. The van der Waals surface area contributed by atoms with Crippen molar-refractivity contribution in [3.05, 3.63) is 72.2 Å². The maximum Gasteiger partial charge on any atom is 0.243 e. The fourth-order valence-electron chi connectivity index (χ4n) is 3.10. The number of methoxy groups -OCH3 is 1. The van der Waals surface area contributed by atoms with Gasteiger partial charge in [0.2, 0.25) is 5.88 Å². The van der Waals surface area contributed by atoms with Crippen molar-refractivity contribution in [2.75, 3.05) is 25.3 Å². The summed E-state index contributed by atoms with van der Waals surface area (Å²) in [6, 6.07) is 14.7. The summed E-state index contributed by atoms with van der Waals surface area (Å²) < 4.78 is 43.4. The van der Waals surface area contributed by atoms with Crippen molar-refractivity contribution in [2.24, 2.45) is 0 Å². The van der Waals surface area contributed by atoms with Gasteiger partial charge in [0.1, 0.15) is 23.4 Å². The third kappa shape index (κ3) is 5.85. The Hall–Kier alpha value is -3.39. The highest BCUT2D eigenvalue weighted by Crippen LogP contribution is 2.35. The zero-order valence-electron chi connectivity index (χ0n) is 18.0. The summed E-state index contributed by atoms with van der Waals surface area (Å²) in [5.74, 6) is 0.794. The number of rotatable bonds is 11. The van der Waals surface area contributed by atoms with Crippen molar-refractivity contribution in [3.63, 3.8) is 0 Å². The first-order valence-corrected chi connectivity index (χ1v) is 10.2. The number of halogens is 2. The van der Waals surface area contributed by atoms with Crippen LogP contribution in [0.2, 0.25) is 0 Å². The quantitative estimate of drug-likeness (QED) is 0.328. The lowest BCUT2D eigenvalue weighted by molar-refractivity contribution is 0.185. The monoisotopic (exact) mass is 444 g/mol. The second-order valence-corrected chi connectivity index (χ2v) is 6.98. The second kappa shape index (κ2) is 11.3. The highest BCUT2D eigenvalue weighted by atomic mass is 19.1. The minimum absolute atomic E-state index is 0.0228. The molecule has 0 aliphatic rings. The van der Waals surface area contributed by atoms with Crippen LogP contribution in [0.1, 0.15) is 18.9 Å². The summed E-state index contributed by atoms with van der Waals surface area (Å²) in [5.41, 5.74) is 1.17. The molecule has 0 spiro atoms. The molecule has 0 aliphatic heterocycles. The topological polar surface area (TPSA) is 64.1 Å². The highest BCUT2D eigenvalue weighted by molar-refractivity contribution is 5.57.